The summed E-state index contributed by atoms with van der Waals surface area (Å²) in [5.41, 5.74) is 5.06. The molecule has 0 saturated carbocycles. The van der Waals surface area contributed by atoms with Gasteiger partial charge in [0.1, 0.15) is 6.04 Å². The molecule has 0 aliphatic carbocycles. The lowest BCUT2D eigenvalue weighted by Crippen LogP contribution is -2.50. The highest BCUT2D eigenvalue weighted by molar-refractivity contribution is 7.99. The van der Waals surface area contributed by atoms with Gasteiger partial charge in [0.25, 0.3) is 0 Å². The van der Waals surface area contributed by atoms with Crippen LogP contribution in [0.15, 0.2) is 78.0 Å². The molecule has 3 aromatic carbocycles. The maximum atomic E-state index is 13.0. The number of benzene rings is 3. The van der Waals surface area contributed by atoms with Crippen molar-refractivity contribution in [1.29, 1.82) is 0 Å². The number of aromatic nitrogens is 4. The summed E-state index contributed by atoms with van der Waals surface area (Å²) in [7, 11) is 1.78. The van der Waals surface area contributed by atoms with Gasteiger partial charge in [0.05, 0.1) is 18.8 Å². The Balaban J connectivity index is 1.16. The Morgan fingerprint density at radius 3 is 2.47 bits per heavy atom. The molecule has 6 rings (SSSR count). The number of alkyl halides is 3. The van der Waals surface area contributed by atoms with E-state index in [-0.39, 0.29) is 38.3 Å². The predicted molar refractivity (Wildman–Crippen MR) is 172 cm³/mol. The fourth-order valence-corrected chi connectivity index (χ4v) is 6.88. The summed E-state index contributed by atoms with van der Waals surface area (Å²) >= 11 is 1.49. The number of amides is 2. The molecule has 2 saturated heterocycles. The minimum absolute atomic E-state index is 0.0506. The molecule has 0 spiro atoms. The summed E-state index contributed by atoms with van der Waals surface area (Å²) in [5.74, 6) is -2.01. The molecule has 3 heterocycles. The number of nitrogens with zero attached hydrogens (tertiary/aromatic N) is 5. The summed E-state index contributed by atoms with van der Waals surface area (Å²) in [6, 6.07) is 21.8. The first-order valence-electron chi connectivity index (χ1n) is 15.8. The van der Waals surface area contributed by atoms with Crippen LogP contribution in [-0.2, 0) is 39.3 Å². The molecule has 2 aliphatic heterocycles. The maximum absolute atomic E-state index is 13.0. The van der Waals surface area contributed by atoms with E-state index in [1.165, 1.54) is 11.8 Å². The second-order valence-corrected chi connectivity index (χ2v) is 12.9. The van der Waals surface area contributed by atoms with Gasteiger partial charge in [0.15, 0.2) is 6.29 Å². The molecule has 2 fully saturated rings. The molecule has 4 atom stereocenters. The first-order valence-corrected chi connectivity index (χ1v) is 16.8. The van der Waals surface area contributed by atoms with E-state index in [9.17, 15) is 27.9 Å². The number of tetrazole rings is 1. The van der Waals surface area contributed by atoms with E-state index in [4.69, 9.17) is 9.47 Å². The van der Waals surface area contributed by atoms with Crippen LogP contribution in [0.4, 0.5) is 13.2 Å². The first-order chi connectivity index (χ1) is 23.6. The third kappa shape index (κ3) is 8.29. The van der Waals surface area contributed by atoms with Crippen LogP contribution in [0.3, 0.4) is 0 Å². The van der Waals surface area contributed by atoms with E-state index < -0.39 is 30.3 Å². The Morgan fingerprint density at radius 1 is 1.00 bits per heavy atom. The van der Waals surface area contributed by atoms with Crippen LogP contribution in [0.1, 0.15) is 53.9 Å². The Labute approximate surface area is 284 Å². The highest BCUT2D eigenvalue weighted by atomic mass is 32.2. The Bertz CT molecular complexity index is 1770. The highest BCUT2D eigenvalue weighted by Gasteiger charge is 2.47. The number of nitrogens with one attached hydrogen (secondary N) is 1. The molecule has 0 unspecified atom stereocenters. The van der Waals surface area contributed by atoms with Crippen LogP contribution >= 0.6 is 11.8 Å². The van der Waals surface area contributed by atoms with Gasteiger partial charge in [-0.05, 0) is 63.2 Å². The van der Waals surface area contributed by atoms with Crippen LogP contribution in [0.5, 0.6) is 0 Å². The van der Waals surface area contributed by atoms with Gasteiger partial charge in [-0.1, -0.05) is 72.4 Å². The lowest BCUT2D eigenvalue weighted by molar-refractivity contribution is -0.245. The molecule has 258 valence electrons. The van der Waals surface area contributed by atoms with Crippen molar-refractivity contribution in [2.45, 2.75) is 68.3 Å². The fraction of sp³-hybridized carbons (Fsp3) is 0.382. The van der Waals surface area contributed by atoms with E-state index in [2.05, 4.69) is 20.8 Å². The number of carbonyl (C=O) groups is 2. The van der Waals surface area contributed by atoms with Crippen LogP contribution in [0, 0.1) is 0 Å². The molecule has 0 radical (unpaired) electrons. The molecule has 49 heavy (non-hydrogen) atoms. The number of aliphatic hydroxyl groups is 1. The van der Waals surface area contributed by atoms with Gasteiger partial charge in [-0.3, -0.25) is 9.59 Å². The summed E-state index contributed by atoms with van der Waals surface area (Å²) in [6.45, 7) is -0.0695. The lowest BCUT2D eigenvalue weighted by atomic mass is 9.99. The largest absolute Gasteiger partial charge is 0.471 e. The molecular weight excluding hydrogens is 661 g/mol. The number of hydrogen-bond donors (Lipinski definition) is 2. The number of hydrogen-bond acceptors (Lipinski definition) is 9. The second kappa shape index (κ2) is 15.1. The number of likely N-dealkylation sites (tertiary alicyclic amines) is 1. The van der Waals surface area contributed by atoms with Gasteiger partial charge in [0, 0.05) is 37.9 Å². The molecular formula is C34H35F3N6O5S. The van der Waals surface area contributed by atoms with Crippen molar-refractivity contribution in [3.63, 3.8) is 0 Å². The zero-order valence-corrected chi connectivity index (χ0v) is 27.4. The van der Waals surface area contributed by atoms with Crippen molar-refractivity contribution in [3.8, 4) is 11.1 Å². The van der Waals surface area contributed by atoms with Crippen molar-refractivity contribution < 1.29 is 37.3 Å². The molecule has 15 heteroatoms. The maximum Gasteiger partial charge on any atom is 0.471 e. The number of ether oxygens (including phenoxy) is 2. The molecule has 2 N–H and O–H groups in total. The number of rotatable bonds is 10. The van der Waals surface area contributed by atoms with Gasteiger partial charge in [0.2, 0.25) is 11.1 Å². The number of halogens is 3. The van der Waals surface area contributed by atoms with Gasteiger partial charge in [-0.25, -0.2) is 4.68 Å². The molecule has 4 aromatic rings. The average Bonchev–Trinajstić information content (AvgIpc) is 3.78. The third-order valence-corrected chi connectivity index (χ3v) is 9.68. The number of aryl methyl sites for hydroxylation is 1. The van der Waals surface area contributed by atoms with Crippen molar-refractivity contribution in [3.05, 3.63) is 95.1 Å². The number of carbonyl (C=O) groups excluding carboxylic acids is 2. The monoisotopic (exact) mass is 696 g/mol. The van der Waals surface area contributed by atoms with Crippen molar-refractivity contribution >= 4 is 23.6 Å². The Hall–Kier alpha value is -4.31. The molecule has 2 amide bonds. The van der Waals surface area contributed by atoms with Crippen molar-refractivity contribution in [2.75, 3.05) is 12.3 Å². The summed E-state index contributed by atoms with van der Waals surface area (Å²) in [6.07, 6.45) is -5.07. The van der Waals surface area contributed by atoms with E-state index in [0.717, 1.165) is 33.4 Å². The van der Waals surface area contributed by atoms with E-state index in [0.29, 0.717) is 28.7 Å². The summed E-state index contributed by atoms with van der Waals surface area (Å²) < 4.78 is 53.7. The first kappa shape index (κ1) is 34.5. The Morgan fingerprint density at radius 2 is 1.76 bits per heavy atom. The minimum atomic E-state index is -5.03. The topological polar surface area (TPSA) is 132 Å². The van der Waals surface area contributed by atoms with E-state index >= 15 is 0 Å². The molecule has 2 aliphatic rings. The normalized spacial score (nSPS) is 21.1. The number of aliphatic hydroxyl groups excluding tert-OH is 1. The minimum Gasteiger partial charge on any atom is -0.392 e. The van der Waals surface area contributed by atoms with Crippen LogP contribution in [0.25, 0.3) is 11.1 Å². The van der Waals surface area contributed by atoms with E-state index in [1.807, 2.05) is 72.8 Å². The zero-order valence-electron chi connectivity index (χ0n) is 26.5. The molecule has 1 aromatic heterocycles. The average molecular weight is 697 g/mol. The van der Waals surface area contributed by atoms with Gasteiger partial charge >= 0.3 is 12.1 Å². The number of thioether (sulfide) groups is 1. The fourth-order valence-electron chi connectivity index (χ4n) is 6.01. The lowest BCUT2D eigenvalue weighted by Gasteiger charge is -2.36. The highest BCUT2D eigenvalue weighted by Crippen LogP contribution is 2.40. The van der Waals surface area contributed by atoms with Crippen molar-refractivity contribution in [2.24, 2.45) is 7.05 Å². The van der Waals surface area contributed by atoms with Gasteiger partial charge < -0.3 is 24.8 Å². The van der Waals surface area contributed by atoms with E-state index in [1.54, 1.807) is 11.7 Å². The smallest absolute Gasteiger partial charge is 0.392 e. The van der Waals surface area contributed by atoms with Gasteiger partial charge in [-0.15, -0.1) is 5.10 Å². The third-order valence-electron chi connectivity index (χ3n) is 8.54. The Kier molecular flexibility index (Phi) is 10.6. The summed E-state index contributed by atoms with van der Waals surface area (Å²) in [5, 5.41) is 24.6. The molecule has 11 nitrogen and oxygen atoms in total. The summed E-state index contributed by atoms with van der Waals surface area (Å²) in [4.78, 5) is 25.2. The standard InChI is InChI=1S/C34H35F3N6O5S/c1-42-33(39-40-41-42)49-20-27-17-29(23-12-10-21(19-44)11-13-23)48-31(47-27)26-8-3-7-25(16-26)24-6-2-5-22(15-24)18-38-30(45)28-9-4-14-43(28)32(46)34(35,36)37/h2-3,5-8,10-13,15-16,27-29,31,44H,4,9,14,17-20H2,1H3,(H,38,45)/t27-,28-,29+,31+/m0/s1. The second-order valence-electron chi connectivity index (χ2n) is 11.9. The zero-order chi connectivity index (χ0) is 34.5. The quantitative estimate of drug-likeness (QED) is 0.223. The van der Waals surface area contributed by atoms with Crippen LogP contribution in [0.2, 0.25) is 0 Å². The molecule has 0 bridgehead atoms. The van der Waals surface area contributed by atoms with Crippen LogP contribution < -0.4 is 5.32 Å². The predicted octanol–water partition coefficient (Wildman–Crippen LogP) is 4.88. The van der Waals surface area contributed by atoms with Crippen LogP contribution in [-0.4, -0.2) is 72.6 Å². The van der Waals surface area contributed by atoms with Crippen molar-refractivity contribution in [1.82, 2.24) is 30.4 Å². The van der Waals surface area contributed by atoms with Gasteiger partial charge in [-0.2, -0.15) is 13.2 Å². The SMILES string of the molecule is Cn1nnnc1SC[C@@H]1C[C@H](c2ccc(CO)cc2)O[C@H](c2cccc(-c3cccc(CNC(=O)[C@@H]4CCCN4C(=O)C(F)(F)F)c3)c2)O1.